The highest BCUT2D eigenvalue weighted by molar-refractivity contribution is 5.73. The van der Waals surface area contributed by atoms with E-state index in [9.17, 15) is 9.59 Å². The second-order valence-corrected chi connectivity index (χ2v) is 3.30. The molecule has 1 heterocycles. The fraction of sp³-hybridized carbons (Fsp3) is 0.750. The third kappa shape index (κ3) is 2.69. The summed E-state index contributed by atoms with van der Waals surface area (Å²) < 4.78 is 0. The van der Waals surface area contributed by atoms with E-state index in [0.717, 1.165) is 0 Å². The molecular formula is C8H13NO4. The van der Waals surface area contributed by atoms with Crippen molar-refractivity contribution in [2.24, 2.45) is 11.8 Å². The van der Waals surface area contributed by atoms with Crippen LogP contribution in [0.15, 0.2) is 0 Å². The van der Waals surface area contributed by atoms with Gasteiger partial charge in [0.15, 0.2) is 0 Å². The number of carboxylic acid groups (broad SMARTS) is 2. The average molecular weight is 187 g/mol. The first-order valence-corrected chi connectivity index (χ1v) is 4.26. The first-order chi connectivity index (χ1) is 6.11. The fourth-order valence-electron chi connectivity index (χ4n) is 1.67. The van der Waals surface area contributed by atoms with Crippen LogP contribution >= 0.6 is 0 Å². The summed E-state index contributed by atoms with van der Waals surface area (Å²) in [5.41, 5.74) is 0. The molecule has 5 heteroatoms. The Labute approximate surface area is 75.7 Å². The predicted molar refractivity (Wildman–Crippen MR) is 44.4 cm³/mol. The van der Waals surface area contributed by atoms with Crippen LogP contribution in [0.5, 0.6) is 0 Å². The van der Waals surface area contributed by atoms with Gasteiger partial charge in [-0.15, -0.1) is 0 Å². The van der Waals surface area contributed by atoms with E-state index in [-0.39, 0.29) is 12.3 Å². The van der Waals surface area contributed by atoms with Gasteiger partial charge in [-0.25, -0.2) is 0 Å². The molecule has 0 radical (unpaired) electrons. The monoisotopic (exact) mass is 187 g/mol. The Morgan fingerprint density at radius 3 is 2.62 bits per heavy atom. The van der Waals surface area contributed by atoms with E-state index < -0.39 is 17.9 Å². The van der Waals surface area contributed by atoms with Gasteiger partial charge in [0.25, 0.3) is 0 Å². The summed E-state index contributed by atoms with van der Waals surface area (Å²) in [5.74, 6) is -2.60. The Hall–Kier alpha value is -1.10. The van der Waals surface area contributed by atoms with Crippen molar-refractivity contribution in [2.45, 2.75) is 12.8 Å². The first-order valence-electron chi connectivity index (χ1n) is 4.26. The van der Waals surface area contributed by atoms with Crippen LogP contribution in [0.1, 0.15) is 12.8 Å². The largest absolute Gasteiger partial charge is 0.481 e. The van der Waals surface area contributed by atoms with Gasteiger partial charge in [-0.05, 0) is 18.9 Å². The molecule has 1 aliphatic rings. The van der Waals surface area contributed by atoms with Crippen LogP contribution in [0.3, 0.4) is 0 Å². The van der Waals surface area contributed by atoms with Gasteiger partial charge in [0, 0.05) is 13.0 Å². The number of aliphatic carboxylic acids is 2. The molecule has 3 N–H and O–H groups in total. The highest BCUT2D eigenvalue weighted by Gasteiger charge is 2.31. The van der Waals surface area contributed by atoms with Crippen LogP contribution in [-0.2, 0) is 9.59 Å². The van der Waals surface area contributed by atoms with Crippen LogP contribution in [0.2, 0.25) is 0 Å². The Morgan fingerprint density at radius 1 is 1.38 bits per heavy atom. The molecule has 1 saturated heterocycles. The lowest BCUT2D eigenvalue weighted by atomic mass is 9.84. The minimum absolute atomic E-state index is 0.0430. The maximum atomic E-state index is 10.7. The maximum Gasteiger partial charge on any atom is 0.308 e. The molecule has 1 rings (SSSR count). The van der Waals surface area contributed by atoms with Crippen molar-refractivity contribution in [1.29, 1.82) is 0 Å². The SMILES string of the molecule is O=C(O)C[C@H]1CCNC[C@@H]1C(=O)O. The Kier molecular flexibility index (Phi) is 3.25. The average Bonchev–Trinajstić information content (AvgIpc) is 2.03. The lowest BCUT2D eigenvalue weighted by molar-refractivity contribution is -0.146. The second kappa shape index (κ2) is 4.23. The number of nitrogens with one attached hydrogen (secondary N) is 1. The normalized spacial score (nSPS) is 28.3. The molecule has 0 saturated carbocycles. The molecular weight excluding hydrogens is 174 g/mol. The summed E-state index contributed by atoms with van der Waals surface area (Å²) in [5, 5.41) is 20.3. The summed E-state index contributed by atoms with van der Waals surface area (Å²) in [7, 11) is 0. The Bertz CT molecular complexity index is 216. The molecule has 0 aliphatic carbocycles. The van der Waals surface area contributed by atoms with Crippen molar-refractivity contribution < 1.29 is 19.8 Å². The molecule has 74 valence electrons. The molecule has 1 aliphatic heterocycles. The van der Waals surface area contributed by atoms with E-state index in [1.165, 1.54) is 0 Å². The third-order valence-corrected chi connectivity index (χ3v) is 2.38. The van der Waals surface area contributed by atoms with E-state index in [2.05, 4.69) is 5.32 Å². The zero-order valence-corrected chi connectivity index (χ0v) is 7.19. The maximum absolute atomic E-state index is 10.7. The van der Waals surface area contributed by atoms with Gasteiger partial charge >= 0.3 is 11.9 Å². The van der Waals surface area contributed by atoms with E-state index in [1.54, 1.807) is 0 Å². The number of hydrogen-bond acceptors (Lipinski definition) is 3. The van der Waals surface area contributed by atoms with Crippen molar-refractivity contribution in [1.82, 2.24) is 5.32 Å². The molecule has 0 aromatic carbocycles. The zero-order chi connectivity index (χ0) is 9.84. The van der Waals surface area contributed by atoms with Gasteiger partial charge in [0.1, 0.15) is 0 Å². The Morgan fingerprint density at radius 2 is 2.08 bits per heavy atom. The number of piperidine rings is 1. The summed E-state index contributed by atoms with van der Waals surface area (Å²) in [6, 6.07) is 0. The summed E-state index contributed by atoms with van der Waals surface area (Å²) >= 11 is 0. The van der Waals surface area contributed by atoms with Crippen LogP contribution in [-0.4, -0.2) is 35.2 Å². The molecule has 0 aromatic heterocycles. The molecule has 0 amide bonds. The molecule has 13 heavy (non-hydrogen) atoms. The van der Waals surface area contributed by atoms with Gasteiger partial charge < -0.3 is 15.5 Å². The van der Waals surface area contributed by atoms with Gasteiger partial charge in [-0.2, -0.15) is 0 Å². The van der Waals surface area contributed by atoms with Crippen LogP contribution < -0.4 is 5.32 Å². The lowest BCUT2D eigenvalue weighted by Crippen LogP contribution is -2.41. The molecule has 0 spiro atoms. The number of rotatable bonds is 3. The molecule has 0 bridgehead atoms. The van der Waals surface area contributed by atoms with Gasteiger partial charge in [-0.1, -0.05) is 0 Å². The molecule has 5 nitrogen and oxygen atoms in total. The molecule has 0 aromatic rings. The Balaban J connectivity index is 2.56. The van der Waals surface area contributed by atoms with Crippen LogP contribution in [0.4, 0.5) is 0 Å². The fourth-order valence-corrected chi connectivity index (χ4v) is 1.67. The van der Waals surface area contributed by atoms with Crippen LogP contribution in [0, 0.1) is 11.8 Å². The van der Waals surface area contributed by atoms with Gasteiger partial charge in [0.05, 0.1) is 5.92 Å². The minimum Gasteiger partial charge on any atom is -0.481 e. The number of carbonyl (C=O) groups is 2. The van der Waals surface area contributed by atoms with Gasteiger partial charge in [0.2, 0.25) is 0 Å². The van der Waals surface area contributed by atoms with Crippen molar-refractivity contribution >= 4 is 11.9 Å². The van der Waals surface area contributed by atoms with E-state index in [4.69, 9.17) is 10.2 Å². The van der Waals surface area contributed by atoms with Crippen molar-refractivity contribution in [3.8, 4) is 0 Å². The topological polar surface area (TPSA) is 86.6 Å². The quantitative estimate of drug-likeness (QED) is 0.568. The standard InChI is InChI=1S/C8H13NO4/c10-7(11)3-5-1-2-9-4-6(5)8(12)13/h5-6,9H,1-4H2,(H,10,11)(H,12,13)/t5-,6+/m1/s1. The zero-order valence-electron chi connectivity index (χ0n) is 7.19. The molecule has 0 unspecified atom stereocenters. The van der Waals surface area contributed by atoms with Crippen LogP contribution in [0.25, 0.3) is 0 Å². The predicted octanol–water partition coefficient (Wildman–Crippen LogP) is -0.229. The van der Waals surface area contributed by atoms with Crippen molar-refractivity contribution in [3.63, 3.8) is 0 Å². The van der Waals surface area contributed by atoms with E-state index in [0.29, 0.717) is 19.5 Å². The van der Waals surface area contributed by atoms with Crippen molar-refractivity contribution in [2.75, 3.05) is 13.1 Å². The summed E-state index contributed by atoms with van der Waals surface area (Å²) in [4.78, 5) is 21.1. The highest BCUT2D eigenvalue weighted by Crippen LogP contribution is 2.22. The molecule has 2 atom stereocenters. The second-order valence-electron chi connectivity index (χ2n) is 3.30. The first kappa shape index (κ1) is 9.98. The molecule has 1 fully saturated rings. The number of carboxylic acids is 2. The highest BCUT2D eigenvalue weighted by atomic mass is 16.4. The summed E-state index contributed by atoms with van der Waals surface area (Å²) in [6.45, 7) is 1.09. The van der Waals surface area contributed by atoms with Gasteiger partial charge in [-0.3, -0.25) is 9.59 Å². The lowest BCUT2D eigenvalue weighted by Gasteiger charge is -2.27. The third-order valence-electron chi connectivity index (χ3n) is 2.38. The number of hydrogen-bond donors (Lipinski definition) is 3. The smallest absolute Gasteiger partial charge is 0.308 e. The summed E-state index contributed by atoms with van der Waals surface area (Å²) in [6.07, 6.45) is 0.585. The van der Waals surface area contributed by atoms with E-state index >= 15 is 0 Å². The minimum atomic E-state index is -0.918. The van der Waals surface area contributed by atoms with E-state index in [1.807, 2.05) is 0 Å². The van der Waals surface area contributed by atoms with Crippen molar-refractivity contribution in [3.05, 3.63) is 0 Å².